The van der Waals surface area contributed by atoms with E-state index in [2.05, 4.69) is 66.1 Å². The normalized spacial score (nSPS) is 11.1. The van der Waals surface area contributed by atoms with Crippen molar-refractivity contribution in [2.75, 3.05) is 5.32 Å². The highest BCUT2D eigenvalue weighted by atomic mass is 127. The molecule has 0 atom stereocenters. The zero-order chi connectivity index (χ0) is 16.2. The van der Waals surface area contributed by atoms with Gasteiger partial charge in [-0.2, -0.15) is 0 Å². The molecule has 2 rings (SSSR count). The quantitative estimate of drug-likeness (QED) is 0.697. The van der Waals surface area contributed by atoms with Gasteiger partial charge in [0.05, 0.1) is 0 Å². The zero-order valence-electron chi connectivity index (χ0n) is 13.1. The topological polar surface area (TPSA) is 41.1 Å². The molecule has 2 N–H and O–H groups in total. The molecule has 0 radical (unpaired) electrons. The lowest BCUT2D eigenvalue weighted by atomic mass is 9.86. The van der Waals surface area contributed by atoms with E-state index in [-0.39, 0.29) is 11.4 Å². The van der Waals surface area contributed by atoms with Crippen LogP contribution in [0.1, 0.15) is 31.9 Å². The van der Waals surface area contributed by atoms with Gasteiger partial charge in [-0.15, -0.1) is 0 Å². The maximum atomic E-state index is 12.1. The monoisotopic (exact) mass is 408 g/mol. The lowest BCUT2D eigenvalue weighted by Gasteiger charge is -2.23. The average Bonchev–Trinajstić information content (AvgIpc) is 2.45. The van der Waals surface area contributed by atoms with Crippen molar-refractivity contribution < 1.29 is 4.79 Å². The SMILES string of the molecule is CC(C)(C)c1ccccc1NC(=O)NCc1cccc(I)c1. The molecule has 2 aromatic carbocycles. The minimum absolute atomic E-state index is 0.0145. The first-order chi connectivity index (χ1) is 10.4. The van der Waals surface area contributed by atoms with Gasteiger partial charge < -0.3 is 10.6 Å². The number of benzene rings is 2. The third-order valence-corrected chi connectivity index (χ3v) is 4.00. The number of carbonyl (C=O) groups is 1. The van der Waals surface area contributed by atoms with Gasteiger partial charge in [0.15, 0.2) is 0 Å². The summed E-state index contributed by atoms with van der Waals surface area (Å²) >= 11 is 2.27. The second kappa shape index (κ2) is 7.13. The molecule has 0 spiro atoms. The number of halogens is 1. The number of amides is 2. The molecule has 0 aromatic heterocycles. The van der Waals surface area contributed by atoms with Crippen molar-refractivity contribution in [1.29, 1.82) is 0 Å². The largest absolute Gasteiger partial charge is 0.334 e. The Morgan fingerprint density at radius 3 is 2.50 bits per heavy atom. The predicted molar refractivity (Wildman–Crippen MR) is 100 cm³/mol. The predicted octanol–water partition coefficient (Wildman–Crippen LogP) is 4.91. The van der Waals surface area contributed by atoms with E-state index in [1.807, 2.05) is 36.4 Å². The Balaban J connectivity index is 2.01. The molecule has 0 heterocycles. The van der Waals surface area contributed by atoms with Crippen LogP contribution in [0.2, 0.25) is 0 Å². The summed E-state index contributed by atoms with van der Waals surface area (Å²) in [6.07, 6.45) is 0. The Morgan fingerprint density at radius 1 is 1.09 bits per heavy atom. The first kappa shape index (κ1) is 16.8. The minimum Gasteiger partial charge on any atom is -0.334 e. The summed E-state index contributed by atoms with van der Waals surface area (Å²) in [6.45, 7) is 6.92. The van der Waals surface area contributed by atoms with Crippen LogP contribution in [0, 0.1) is 3.57 Å². The fourth-order valence-corrected chi connectivity index (χ4v) is 2.85. The van der Waals surface area contributed by atoms with E-state index in [1.54, 1.807) is 0 Å². The Morgan fingerprint density at radius 2 is 1.82 bits per heavy atom. The molecule has 3 nitrogen and oxygen atoms in total. The Kier molecular flexibility index (Phi) is 5.45. The van der Waals surface area contributed by atoms with E-state index in [9.17, 15) is 4.79 Å². The van der Waals surface area contributed by atoms with Crippen LogP contribution in [-0.4, -0.2) is 6.03 Å². The molecule has 2 aromatic rings. The van der Waals surface area contributed by atoms with E-state index in [0.717, 1.165) is 20.4 Å². The molecule has 0 saturated heterocycles. The molecule has 0 unspecified atom stereocenters. The number of nitrogens with one attached hydrogen (secondary N) is 2. The van der Waals surface area contributed by atoms with Gasteiger partial charge in [0.1, 0.15) is 0 Å². The Labute approximate surface area is 145 Å². The molecule has 0 saturated carbocycles. The summed E-state index contributed by atoms with van der Waals surface area (Å²) in [5, 5.41) is 5.85. The van der Waals surface area contributed by atoms with Crippen molar-refractivity contribution in [3.05, 3.63) is 63.2 Å². The number of rotatable bonds is 3. The minimum atomic E-state index is -0.185. The Bertz CT molecular complexity index is 662. The van der Waals surface area contributed by atoms with Crippen molar-refractivity contribution in [1.82, 2.24) is 5.32 Å². The highest BCUT2D eigenvalue weighted by Gasteiger charge is 2.18. The highest BCUT2D eigenvalue weighted by Crippen LogP contribution is 2.29. The molecule has 2 amide bonds. The molecule has 0 aliphatic heterocycles. The second-order valence-electron chi connectivity index (χ2n) is 6.23. The zero-order valence-corrected chi connectivity index (χ0v) is 15.3. The van der Waals surface area contributed by atoms with E-state index < -0.39 is 0 Å². The molecule has 0 bridgehead atoms. The van der Waals surface area contributed by atoms with Gasteiger partial charge in [-0.1, -0.05) is 51.1 Å². The van der Waals surface area contributed by atoms with Crippen LogP contribution in [0.25, 0.3) is 0 Å². The summed E-state index contributed by atoms with van der Waals surface area (Å²) in [6, 6.07) is 15.8. The number of hydrogen-bond donors (Lipinski definition) is 2. The standard InChI is InChI=1S/C18H21IN2O/c1-18(2,3)15-9-4-5-10-16(15)21-17(22)20-12-13-7-6-8-14(19)11-13/h4-11H,12H2,1-3H3,(H2,20,21,22). The van der Waals surface area contributed by atoms with Crippen molar-refractivity contribution >= 4 is 34.3 Å². The summed E-state index contributed by atoms with van der Waals surface area (Å²) in [4.78, 5) is 12.1. The lowest BCUT2D eigenvalue weighted by Crippen LogP contribution is -2.29. The molecule has 22 heavy (non-hydrogen) atoms. The average molecular weight is 408 g/mol. The Hall–Kier alpha value is -1.56. The van der Waals surface area contributed by atoms with Crippen LogP contribution >= 0.6 is 22.6 Å². The van der Waals surface area contributed by atoms with Crippen LogP contribution in [0.5, 0.6) is 0 Å². The fraction of sp³-hybridized carbons (Fsp3) is 0.278. The van der Waals surface area contributed by atoms with E-state index >= 15 is 0 Å². The lowest BCUT2D eigenvalue weighted by molar-refractivity contribution is 0.251. The molecule has 0 aliphatic rings. The van der Waals surface area contributed by atoms with Gasteiger partial charge in [0, 0.05) is 15.8 Å². The van der Waals surface area contributed by atoms with Crippen molar-refractivity contribution in [3.8, 4) is 0 Å². The molecule has 116 valence electrons. The summed E-state index contributed by atoms with van der Waals surface area (Å²) in [7, 11) is 0. The van der Waals surface area contributed by atoms with Gasteiger partial charge in [0.25, 0.3) is 0 Å². The highest BCUT2D eigenvalue weighted by molar-refractivity contribution is 14.1. The maximum Gasteiger partial charge on any atom is 0.319 e. The van der Waals surface area contributed by atoms with Gasteiger partial charge in [0.2, 0.25) is 0 Å². The third kappa shape index (κ3) is 4.73. The smallest absolute Gasteiger partial charge is 0.319 e. The summed E-state index contributed by atoms with van der Waals surface area (Å²) in [5.41, 5.74) is 3.06. The molecule has 4 heteroatoms. The van der Waals surface area contributed by atoms with Crippen LogP contribution in [0.3, 0.4) is 0 Å². The van der Waals surface area contributed by atoms with E-state index in [4.69, 9.17) is 0 Å². The van der Waals surface area contributed by atoms with Gasteiger partial charge in [-0.3, -0.25) is 0 Å². The van der Waals surface area contributed by atoms with Gasteiger partial charge >= 0.3 is 6.03 Å². The molecule has 0 fully saturated rings. The van der Waals surface area contributed by atoms with Gasteiger partial charge in [-0.25, -0.2) is 4.79 Å². The van der Waals surface area contributed by atoms with Crippen molar-refractivity contribution in [2.24, 2.45) is 0 Å². The van der Waals surface area contributed by atoms with Crippen LogP contribution in [0.15, 0.2) is 48.5 Å². The van der Waals surface area contributed by atoms with Crippen LogP contribution in [0.4, 0.5) is 10.5 Å². The second-order valence-corrected chi connectivity index (χ2v) is 7.48. The van der Waals surface area contributed by atoms with E-state index in [1.165, 1.54) is 0 Å². The third-order valence-electron chi connectivity index (χ3n) is 3.33. The molecule has 0 aliphatic carbocycles. The maximum absolute atomic E-state index is 12.1. The van der Waals surface area contributed by atoms with Crippen LogP contribution < -0.4 is 10.6 Å². The first-order valence-electron chi connectivity index (χ1n) is 7.25. The number of carbonyl (C=O) groups excluding carboxylic acids is 1. The van der Waals surface area contributed by atoms with Gasteiger partial charge in [-0.05, 0) is 57.3 Å². The number of urea groups is 1. The first-order valence-corrected chi connectivity index (χ1v) is 8.33. The van der Waals surface area contributed by atoms with E-state index in [0.29, 0.717) is 6.54 Å². The number of anilines is 1. The molecular weight excluding hydrogens is 387 g/mol. The van der Waals surface area contributed by atoms with Crippen LogP contribution in [-0.2, 0) is 12.0 Å². The summed E-state index contributed by atoms with van der Waals surface area (Å²) in [5.74, 6) is 0. The van der Waals surface area contributed by atoms with Crippen molar-refractivity contribution in [3.63, 3.8) is 0 Å². The molecular formula is C18H21IN2O. The summed E-state index contributed by atoms with van der Waals surface area (Å²) < 4.78 is 1.16. The fourth-order valence-electron chi connectivity index (χ4n) is 2.24. The number of para-hydroxylation sites is 1. The van der Waals surface area contributed by atoms with Crippen molar-refractivity contribution in [2.45, 2.75) is 32.7 Å². The number of hydrogen-bond acceptors (Lipinski definition) is 1.